The number of ether oxygens (including phenoxy) is 1. The van der Waals surface area contributed by atoms with Crippen molar-refractivity contribution in [2.24, 2.45) is 0 Å². The van der Waals surface area contributed by atoms with Gasteiger partial charge >= 0.3 is 0 Å². The molecule has 1 aromatic carbocycles. The summed E-state index contributed by atoms with van der Waals surface area (Å²) in [5.41, 5.74) is 1.95. The summed E-state index contributed by atoms with van der Waals surface area (Å²) in [6.45, 7) is 0.545. The molecule has 2 N–H and O–H groups in total. The van der Waals surface area contributed by atoms with Crippen molar-refractivity contribution in [1.82, 2.24) is 15.0 Å². The predicted octanol–water partition coefficient (Wildman–Crippen LogP) is 2.74. The Labute approximate surface area is 145 Å². The van der Waals surface area contributed by atoms with Crippen LogP contribution in [0.1, 0.15) is 16.1 Å². The van der Waals surface area contributed by atoms with Gasteiger partial charge in [-0.05, 0) is 35.9 Å². The van der Waals surface area contributed by atoms with Gasteiger partial charge in [-0.2, -0.15) is 0 Å². The van der Waals surface area contributed by atoms with Crippen LogP contribution in [0.15, 0.2) is 61.1 Å². The lowest BCUT2D eigenvalue weighted by Crippen LogP contribution is -2.15. The van der Waals surface area contributed by atoms with Gasteiger partial charge in [-0.3, -0.25) is 9.78 Å². The fourth-order valence-electron chi connectivity index (χ4n) is 2.15. The number of benzene rings is 1. The van der Waals surface area contributed by atoms with Gasteiger partial charge in [-0.25, -0.2) is 9.97 Å². The Morgan fingerprint density at radius 2 is 1.96 bits per heavy atom. The number of anilines is 2. The number of carbonyl (C=O) groups excluding carboxylic acids is 1. The average Bonchev–Trinajstić information content (AvgIpc) is 2.67. The number of amides is 1. The molecule has 0 bridgehead atoms. The number of hydrogen-bond donors (Lipinski definition) is 2. The molecule has 2 heterocycles. The zero-order valence-corrected chi connectivity index (χ0v) is 13.6. The highest BCUT2D eigenvalue weighted by Gasteiger charge is 2.09. The second-order valence-corrected chi connectivity index (χ2v) is 5.16. The van der Waals surface area contributed by atoms with Crippen molar-refractivity contribution >= 4 is 17.5 Å². The minimum absolute atomic E-state index is 0.273. The first-order chi connectivity index (χ1) is 12.2. The molecule has 0 atom stereocenters. The molecule has 3 rings (SSSR count). The molecular weight excluding hydrogens is 318 g/mol. The molecule has 0 aliphatic rings. The molecule has 0 saturated heterocycles. The molecule has 0 aliphatic carbocycles. The lowest BCUT2D eigenvalue weighted by molar-refractivity contribution is 0.102. The third kappa shape index (κ3) is 4.51. The molecule has 126 valence electrons. The maximum atomic E-state index is 12.4. The Hall–Kier alpha value is -3.48. The van der Waals surface area contributed by atoms with E-state index in [4.69, 9.17) is 4.74 Å². The summed E-state index contributed by atoms with van der Waals surface area (Å²) in [6, 6.07) is 12.5. The van der Waals surface area contributed by atoms with Crippen LogP contribution in [0.5, 0.6) is 5.75 Å². The van der Waals surface area contributed by atoms with Crippen LogP contribution in [0.4, 0.5) is 11.6 Å². The van der Waals surface area contributed by atoms with Gasteiger partial charge in [0, 0.05) is 36.9 Å². The zero-order valence-electron chi connectivity index (χ0n) is 13.6. The number of nitrogens with one attached hydrogen (secondary N) is 2. The highest BCUT2D eigenvalue weighted by atomic mass is 16.5. The van der Waals surface area contributed by atoms with Crippen molar-refractivity contribution in [2.75, 3.05) is 17.7 Å². The van der Waals surface area contributed by atoms with Crippen LogP contribution < -0.4 is 15.4 Å². The van der Waals surface area contributed by atoms with Crippen LogP contribution >= 0.6 is 0 Å². The van der Waals surface area contributed by atoms with Crippen molar-refractivity contribution in [1.29, 1.82) is 0 Å². The van der Waals surface area contributed by atoms with Gasteiger partial charge in [0.1, 0.15) is 11.4 Å². The number of hydrogen-bond acceptors (Lipinski definition) is 6. The molecular formula is C18H17N5O2. The van der Waals surface area contributed by atoms with Crippen molar-refractivity contribution in [3.05, 3.63) is 72.3 Å². The maximum Gasteiger partial charge on any atom is 0.274 e. The summed E-state index contributed by atoms with van der Waals surface area (Å²) in [5, 5.41) is 5.88. The minimum atomic E-state index is -0.317. The second kappa shape index (κ2) is 7.87. The Morgan fingerprint density at radius 1 is 1.12 bits per heavy atom. The smallest absolute Gasteiger partial charge is 0.274 e. The molecule has 7 nitrogen and oxygen atoms in total. The van der Waals surface area contributed by atoms with Gasteiger partial charge < -0.3 is 15.4 Å². The number of carbonyl (C=O) groups is 1. The summed E-state index contributed by atoms with van der Waals surface area (Å²) in [5.74, 6) is 0.734. The van der Waals surface area contributed by atoms with E-state index in [9.17, 15) is 4.79 Å². The third-order valence-corrected chi connectivity index (χ3v) is 3.42. The maximum absolute atomic E-state index is 12.4. The van der Waals surface area contributed by atoms with Crippen LogP contribution in [0, 0.1) is 0 Å². The number of rotatable bonds is 6. The van der Waals surface area contributed by atoms with Gasteiger partial charge in [0.2, 0.25) is 5.95 Å². The minimum Gasteiger partial charge on any atom is -0.497 e. The van der Waals surface area contributed by atoms with Gasteiger partial charge in [0.15, 0.2) is 0 Å². The topological polar surface area (TPSA) is 89.0 Å². The fourth-order valence-corrected chi connectivity index (χ4v) is 2.15. The molecule has 3 aromatic rings. The Kier molecular flexibility index (Phi) is 5.16. The largest absolute Gasteiger partial charge is 0.497 e. The highest BCUT2D eigenvalue weighted by molar-refractivity contribution is 6.03. The van der Waals surface area contributed by atoms with E-state index >= 15 is 0 Å². The van der Waals surface area contributed by atoms with E-state index in [2.05, 4.69) is 25.6 Å². The summed E-state index contributed by atoms with van der Waals surface area (Å²) >= 11 is 0. The van der Waals surface area contributed by atoms with E-state index in [1.54, 1.807) is 50.0 Å². The van der Waals surface area contributed by atoms with Gasteiger partial charge in [-0.1, -0.05) is 6.07 Å². The normalized spacial score (nSPS) is 10.1. The van der Waals surface area contributed by atoms with Crippen LogP contribution in [0.3, 0.4) is 0 Å². The summed E-state index contributed by atoms with van der Waals surface area (Å²) < 4.78 is 5.14. The van der Waals surface area contributed by atoms with Crippen molar-refractivity contribution in [3.8, 4) is 5.75 Å². The first-order valence-corrected chi connectivity index (χ1v) is 7.66. The van der Waals surface area contributed by atoms with Gasteiger partial charge in [-0.15, -0.1) is 0 Å². The van der Waals surface area contributed by atoms with Crippen LogP contribution in [-0.4, -0.2) is 28.0 Å². The lowest BCUT2D eigenvalue weighted by atomic mass is 10.3. The van der Waals surface area contributed by atoms with Crippen LogP contribution in [0.25, 0.3) is 0 Å². The van der Waals surface area contributed by atoms with Gasteiger partial charge in [0.05, 0.1) is 7.11 Å². The molecule has 0 spiro atoms. The molecule has 7 heteroatoms. The van der Waals surface area contributed by atoms with Crippen molar-refractivity contribution < 1.29 is 9.53 Å². The summed E-state index contributed by atoms with van der Waals surface area (Å²) in [6.07, 6.45) is 4.98. The number of methoxy groups -OCH3 is 1. The molecule has 0 saturated carbocycles. The van der Waals surface area contributed by atoms with Crippen LogP contribution in [-0.2, 0) is 6.54 Å². The molecule has 1 amide bonds. The monoisotopic (exact) mass is 335 g/mol. The Morgan fingerprint density at radius 3 is 2.76 bits per heavy atom. The van der Waals surface area contributed by atoms with E-state index in [-0.39, 0.29) is 11.6 Å². The first-order valence-electron chi connectivity index (χ1n) is 7.66. The van der Waals surface area contributed by atoms with E-state index < -0.39 is 0 Å². The lowest BCUT2D eigenvalue weighted by Gasteiger charge is -2.08. The van der Waals surface area contributed by atoms with Gasteiger partial charge in [0.25, 0.3) is 5.91 Å². The fraction of sp³-hybridized carbons (Fsp3) is 0.111. The molecule has 0 radical (unpaired) electrons. The van der Waals surface area contributed by atoms with Crippen LogP contribution in [0.2, 0.25) is 0 Å². The standard InChI is InChI=1S/C18H17N5O2/c1-25-15-4-2-3-14(11-15)22-17(24)16-7-10-20-18(23-16)21-12-13-5-8-19-9-6-13/h2-11H,12H2,1H3,(H,22,24)(H,20,21,23). The predicted molar refractivity (Wildman–Crippen MR) is 94.5 cm³/mol. The number of pyridine rings is 1. The summed E-state index contributed by atoms with van der Waals surface area (Å²) in [7, 11) is 1.58. The first kappa shape index (κ1) is 16.4. The zero-order chi connectivity index (χ0) is 17.5. The molecule has 0 aliphatic heterocycles. The quantitative estimate of drug-likeness (QED) is 0.720. The molecule has 25 heavy (non-hydrogen) atoms. The molecule has 0 unspecified atom stereocenters. The third-order valence-electron chi connectivity index (χ3n) is 3.42. The SMILES string of the molecule is COc1cccc(NC(=O)c2ccnc(NCc3ccncc3)n2)c1. The second-order valence-electron chi connectivity index (χ2n) is 5.16. The summed E-state index contributed by atoms with van der Waals surface area (Å²) in [4.78, 5) is 24.7. The van der Waals surface area contributed by atoms with E-state index in [0.29, 0.717) is 23.9 Å². The highest BCUT2D eigenvalue weighted by Crippen LogP contribution is 2.17. The molecule has 2 aromatic heterocycles. The Bertz CT molecular complexity index is 855. The van der Waals surface area contributed by atoms with E-state index in [1.165, 1.54) is 0 Å². The molecule has 0 fully saturated rings. The van der Waals surface area contributed by atoms with Crippen molar-refractivity contribution in [2.45, 2.75) is 6.54 Å². The number of nitrogens with zero attached hydrogens (tertiary/aromatic N) is 3. The van der Waals surface area contributed by atoms with Crippen molar-refractivity contribution in [3.63, 3.8) is 0 Å². The van der Waals surface area contributed by atoms with E-state index in [1.807, 2.05) is 18.2 Å². The number of aromatic nitrogens is 3. The average molecular weight is 335 g/mol. The Balaban J connectivity index is 1.66. The van der Waals surface area contributed by atoms with E-state index in [0.717, 1.165) is 5.56 Å².